The van der Waals surface area contributed by atoms with Crippen molar-refractivity contribution in [1.82, 2.24) is 0 Å². The van der Waals surface area contributed by atoms with Crippen molar-refractivity contribution < 1.29 is 23.5 Å². The Morgan fingerprint density at radius 3 is 2.15 bits per heavy atom. The molecule has 0 aromatic carbocycles. The molecule has 0 heterocycles. The molecule has 1 aliphatic carbocycles. The van der Waals surface area contributed by atoms with Crippen LogP contribution >= 0.6 is 0 Å². The Kier molecular flexibility index (Phi) is 9.63. The molecule has 0 saturated heterocycles. The highest BCUT2D eigenvalue weighted by molar-refractivity contribution is 6.71. The fourth-order valence-corrected chi connectivity index (χ4v) is 10.2. The van der Waals surface area contributed by atoms with Gasteiger partial charge in [-0.25, -0.2) is 4.79 Å². The van der Waals surface area contributed by atoms with Crippen LogP contribution in [0, 0.1) is 5.92 Å². The summed E-state index contributed by atoms with van der Waals surface area (Å²) in [5.74, 6) is 0.118. The largest absolute Gasteiger partial charge is 0.456 e. The Morgan fingerprint density at radius 1 is 1.15 bits per heavy atom. The maximum atomic E-state index is 11.7. The van der Waals surface area contributed by atoms with E-state index in [-0.39, 0.29) is 12.0 Å². The molecule has 1 fully saturated rings. The highest BCUT2D eigenvalue weighted by atomic mass is 28.4. The first-order chi connectivity index (χ1) is 12.3. The topological polar surface area (TPSA) is 65.0 Å². The molecule has 0 aromatic rings. The van der Waals surface area contributed by atoms with Crippen LogP contribution in [0.5, 0.6) is 0 Å². The van der Waals surface area contributed by atoms with Crippen LogP contribution in [0.2, 0.25) is 45.3 Å². The zero-order valence-electron chi connectivity index (χ0n) is 18.3. The number of hydrogen-bond acceptors (Lipinski definition) is 5. The second-order valence-electron chi connectivity index (χ2n) is 9.79. The molecule has 27 heavy (non-hydrogen) atoms. The van der Waals surface area contributed by atoms with E-state index >= 15 is 0 Å². The standard InChI is InChI=1S/C19H40O5Si3/c1-14(2)18(21)22-17-10-9-15(13-16(17)20)11-12-25-19(23-26(3,4)5)24-27(6,7)8/h15-17,19-20H,1,9-13,25H2,2-8H3. The molecule has 8 heteroatoms. The van der Waals surface area contributed by atoms with Gasteiger partial charge in [0.25, 0.3) is 0 Å². The molecular formula is C19H40O5Si3. The smallest absolute Gasteiger partial charge is 0.333 e. The molecule has 3 unspecified atom stereocenters. The summed E-state index contributed by atoms with van der Waals surface area (Å²) in [5, 5.41) is 10.4. The van der Waals surface area contributed by atoms with Crippen molar-refractivity contribution in [1.29, 1.82) is 0 Å². The normalized spacial score (nSPS) is 24.6. The fraction of sp³-hybridized carbons (Fsp3) is 0.842. The van der Waals surface area contributed by atoms with Crippen molar-refractivity contribution in [2.75, 3.05) is 0 Å². The minimum absolute atomic E-state index is 0.0288. The van der Waals surface area contributed by atoms with E-state index in [0.29, 0.717) is 17.9 Å². The molecule has 5 nitrogen and oxygen atoms in total. The van der Waals surface area contributed by atoms with Crippen LogP contribution in [0.1, 0.15) is 32.6 Å². The SMILES string of the molecule is C=C(C)C(=O)OC1CCC(CC[SiH2]C(O[Si](C)(C)C)O[Si](C)(C)C)CC1O. The second-order valence-corrected chi connectivity index (χ2v) is 20.7. The van der Waals surface area contributed by atoms with Crippen LogP contribution < -0.4 is 0 Å². The van der Waals surface area contributed by atoms with Crippen molar-refractivity contribution in [3.63, 3.8) is 0 Å². The van der Waals surface area contributed by atoms with E-state index in [1.165, 1.54) is 0 Å². The highest BCUT2D eigenvalue weighted by Gasteiger charge is 2.32. The Hall–Kier alpha value is -0.259. The van der Waals surface area contributed by atoms with Crippen molar-refractivity contribution in [3.05, 3.63) is 12.2 Å². The van der Waals surface area contributed by atoms with E-state index in [1.807, 2.05) is 0 Å². The van der Waals surface area contributed by atoms with Gasteiger partial charge in [-0.1, -0.05) is 19.0 Å². The Morgan fingerprint density at radius 2 is 1.70 bits per heavy atom. The van der Waals surface area contributed by atoms with E-state index in [2.05, 4.69) is 45.9 Å². The van der Waals surface area contributed by atoms with Gasteiger partial charge < -0.3 is 18.7 Å². The van der Waals surface area contributed by atoms with Gasteiger partial charge in [0, 0.05) is 5.57 Å². The average Bonchev–Trinajstić information content (AvgIpc) is 2.46. The molecule has 0 radical (unpaired) electrons. The van der Waals surface area contributed by atoms with Crippen LogP contribution in [-0.4, -0.2) is 55.4 Å². The number of carbonyl (C=O) groups is 1. The molecule has 0 amide bonds. The van der Waals surface area contributed by atoms with Crippen LogP contribution in [0.3, 0.4) is 0 Å². The second kappa shape index (κ2) is 10.5. The van der Waals surface area contributed by atoms with Gasteiger partial charge in [0.2, 0.25) is 0 Å². The number of aliphatic hydroxyl groups is 1. The lowest BCUT2D eigenvalue weighted by molar-refractivity contribution is -0.154. The van der Waals surface area contributed by atoms with Crippen molar-refractivity contribution in [2.45, 2.75) is 96.1 Å². The number of esters is 1. The number of ether oxygens (including phenoxy) is 1. The molecule has 3 atom stereocenters. The zero-order chi connectivity index (χ0) is 20.8. The van der Waals surface area contributed by atoms with E-state index in [0.717, 1.165) is 25.3 Å². The minimum atomic E-state index is -1.62. The molecule has 1 rings (SSSR count). The Balaban J connectivity index is 2.44. The van der Waals surface area contributed by atoms with Gasteiger partial charge in [0.05, 0.1) is 15.6 Å². The van der Waals surface area contributed by atoms with Crippen molar-refractivity contribution in [3.8, 4) is 0 Å². The summed E-state index contributed by atoms with van der Waals surface area (Å²) >= 11 is 0. The van der Waals surface area contributed by atoms with Crippen molar-refractivity contribution in [2.24, 2.45) is 5.92 Å². The van der Waals surface area contributed by atoms with Gasteiger partial charge in [-0.2, -0.15) is 0 Å². The van der Waals surface area contributed by atoms with Crippen LogP contribution in [0.4, 0.5) is 0 Å². The third-order valence-electron chi connectivity index (χ3n) is 4.49. The Labute approximate surface area is 169 Å². The van der Waals surface area contributed by atoms with Gasteiger partial charge in [0.15, 0.2) is 16.6 Å². The lowest BCUT2D eigenvalue weighted by Crippen LogP contribution is -2.43. The summed E-state index contributed by atoms with van der Waals surface area (Å²) in [6.07, 6.45) is 2.57. The summed E-state index contributed by atoms with van der Waals surface area (Å²) in [6, 6.07) is 1.16. The monoisotopic (exact) mass is 432 g/mol. The average molecular weight is 433 g/mol. The van der Waals surface area contributed by atoms with Crippen LogP contribution in [-0.2, 0) is 18.4 Å². The summed E-state index contributed by atoms with van der Waals surface area (Å²) in [5.41, 5.74) is 0.381. The summed E-state index contributed by atoms with van der Waals surface area (Å²) in [7, 11) is -3.73. The maximum absolute atomic E-state index is 11.7. The third kappa shape index (κ3) is 10.7. The predicted octanol–water partition coefficient (Wildman–Crippen LogP) is 3.60. The molecule has 0 aromatic heterocycles. The molecule has 1 aliphatic rings. The van der Waals surface area contributed by atoms with Crippen LogP contribution in [0.25, 0.3) is 0 Å². The van der Waals surface area contributed by atoms with Crippen molar-refractivity contribution >= 4 is 32.1 Å². The predicted molar refractivity (Wildman–Crippen MR) is 119 cm³/mol. The van der Waals surface area contributed by atoms with E-state index < -0.39 is 38.2 Å². The lowest BCUT2D eigenvalue weighted by Gasteiger charge is -2.34. The summed E-state index contributed by atoms with van der Waals surface area (Å²) in [6.45, 7) is 18.5. The molecular weight excluding hydrogens is 392 g/mol. The molecule has 1 saturated carbocycles. The number of carbonyl (C=O) groups excluding carboxylic acids is 1. The van der Waals surface area contributed by atoms with E-state index in [4.69, 9.17) is 13.6 Å². The first-order valence-electron chi connectivity index (χ1n) is 10.2. The molecule has 1 N–H and O–H groups in total. The third-order valence-corrected chi connectivity index (χ3v) is 8.72. The van der Waals surface area contributed by atoms with Gasteiger partial charge in [-0.15, -0.1) is 0 Å². The Bertz CT molecular complexity index is 483. The molecule has 158 valence electrons. The van der Waals surface area contributed by atoms with Gasteiger partial charge >= 0.3 is 5.97 Å². The highest BCUT2D eigenvalue weighted by Crippen LogP contribution is 2.30. The van der Waals surface area contributed by atoms with E-state index in [1.54, 1.807) is 6.92 Å². The number of rotatable bonds is 10. The number of hydrogen-bond donors (Lipinski definition) is 1. The molecule has 0 spiro atoms. The quantitative estimate of drug-likeness (QED) is 0.247. The molecule has 0 bridgehead atoms. The van der Waals surface area contributed by atoms with Gasteiger partial charge in [-0.05, 0) is 71.4 Å². The fourth-order valence-electron chi connectivity index (χ4n) is 3.35. The summed E-state index contributed by atoms with van der Waals surface area (Å²) < 4.78 is 18.0. The minimum Gasteiger partial charge on any atom is -0.456 e. The maximum Gasteiger partial charge on any atom is 0.333 e. The first-order valence-corrected chi connectivity index (χ1v) is 18.8. The number of aliphatic hydroxyl groups excluding tert-OH is 1. The van der Waals surface area contributed by atoms with Gasteiger partial charge in [-0.3, -0.25) is 0 Å². The van der Waals surface area contributed by atoms with Gasteiger partial charge in [0.1, 0.15) is 12.0 Å². The molecule has 0 aliphatic heterocycles. The van der Waals surface area contributed by atoms with Crippen LogP contribution in [0.15, 0.2) is 12.2 Å². The first kappa shape index (κ1) is 24.8. The lowest BCUT2D eigenvalue weighted by atomic mass is 9.84. The van der Waals surface area contributed by atoms with E-state index in [9.17, 15) is 9.90 Å². The zero-order valence-corrected chi connectivity index (χ0v) is 21.8. The summed E-state index contributed by atoms with van der Waals surface area (Å²) in [4.78, 5) is 11.7.